The third-order valence-electron chi connectivity index (χ3n) is 2.81. The van der Waals surface area contributed by atoms with Gasteiger partial charge in [0.25, 0.3) is 0 Å². The van der Waals surface area contributed by atoms with Crippen molar-refractivity contribution in [3.05, 3.63) is 34.9 Å². The van der Waals surface area contributed by atoms with E-state index in [2.05, 4.69) is 45.9 Å². The fourth-order valence-electron chi connectivity index (χ4n) is 1.56. The van der Waals surface area contributed by atoms with E-state index in [1.807, 2.05) is 0 Å². The topological polar surface area (TPSA) is 26.0 Å². The second-order valence-electron chi connectivity index (χ2n) is 4.54. The van der Waals surface area contributed by atoms with Gasteiger partial charge < -0.3 is 5.73 Å². The van der Waals surface area contributed by atoms with Crippen LogP contribution in [0.15, 0.2) is 18.2 Å². The van der Waals surface area contributed by atoms with Crippen LogP contribution in [0.2, 0.25) is 0 Å². The molecular formula is C13H21N. The Kier molecular flexibility index (Phi) is 3.70. The van der Waals surface area contributed by atoms with Crippen molar-refractivity contribution in [2.24, 2.45) is 11.7 Å². The molecule has 2 N–H and O–H groups in total. The Morgan fingerprint density at radius 2 is 1.86 bits per heavy atom. The molecule has 0 spiro atoms. The molecule has 0 fully saturated rings. The highest BCUT2D eigenvalue weighted by Crippen LogP contribution is 2.14. The van der Waals surface area contributed by atoms with Crippen molar-refractivity contribution in [3.8, 4) is 0 Å². The summed E-state index contributed by atoms with van der Waals surface area (Å²) >= 11 is 0. The number of nitrogens with two attached hydrogens (primary N) is 1. The molecule has 1 heteroatoms. The van der Waals surface area contributed by atoms with Crippen molar-refractivity contribution in [1.29, 1.82) is 0 Å². The first-order chi connectivity index (χ1) is 6.50. The van der Waals surface area contributed by atoms with Crippen LogP contribution >= 0.6 is 0 Å². The normalized spacial score (nSPS) is 13.3. The van der Waals surface area contributed by atoms with E-state index in [-0.39, 0.29) is 6.04 Å². The van der Waals surface area contributed by atoms with Crippen molar-refractivity contribution in [3.63, 3.8) is 0 Å². The third-order valence-corrected chi connectivity index (χ3v) is 2.81. The fourth-order valence-corrected chi connectivity index (χ4v) is 1.56. The van der Waals surface area contributed by atoms with E-state index in [0.717, 1.165) is 6.42 Å². The number of aryl methyl sites for hydroxylation is 2. The van der Waals surface area contributed by atoms with Gasteiger partial charge in [0.2, 0.25) is 0 Å². The lowest BCUT2D eigenvalue weighted by Gasteiger charge is -2.17. The van der Waals surface area contributed by atoms with Crippen molar-refractivity contribution in [2.75, 3.05) is 0 Å². The lowest BCUT2D eigenvalue weighted by atomic mass is 9.94. The smallest absolute Gasteiger partial charge is 0.0103 e. The number of rotatable bonds is 3. The van der Waals surface area contributed by atoms with Crippen LogP contribution in [0.5, 0.6) is 0 Å². The summed E-state index contributed by atoms with van der Waals surface area (Å²) in [6.07, 6.45) is 0.990. The van der Waals surface area contributed by atoms with E-state index in [0.29, 0.717) is 5.92 Å². The molecule has 0 aliphatic heterocycles. The largest absolute Gasteiger partial charge is 0.327 e. The van der Waals surface area contributed by atoms with Crippen LogP contribution in [-0.2, 0) is 6.42 Å². The summed E-state index contributed by atoms with van der Waals surface area (Å²) in [4.78, 5) is 0. The fraction of sp³-hybridized carbons (Fsp3) is 0.538. The molecule has 0 aliphatic rings. The van der Waals surface area contributed by atoms with Gasteiger partial charge in [0, 0.05) is 6.04 Å². The zero-order chi connectivity index (χ0) is 10.7. The number of hydrogen-bond donors (Lipinski definition) is 1. The lowest BCUT2D eigenvalue weighted by Crippen LogP contribution is -2.29. The van der Waals surface area contributed by atoms with Crippen LogP contribution in [0.1, 0.15) is 30.5 Å². The van der Waals surface area contributed by atoms with Gasteiger partial charge >= 0.3 is 0 Å². The van der Waals surface area contributed by atoms with Crippen LogP contribution in [0, 0.1) is 19.8 Å². The van der Waals surface area contributed by atoms with Gasteiger partial charge in [-0.2, -0.15) is 0 Å². The first kappa shape index (κ1) is 11.3. The SMILES string of the molecule is Cc1ccc(CC(N)C(C)C)c(C)c1. The molecule has 1 aromatic carbocycles. The molecule has 1 rings (SSSR count). The Morgan fingerprint density at radius 3 is 2.36 bits per heavy atom. The molecule has 0 aromatic heterocycles. The van der Waals surface area contributed by atoms with E-state index < -0.39 is 0 Å². The molecule has 1 aromatic rings. The van der Waals surface area contributed by atoms with Gasteiger partial charge in [-0.15, -0.1) is 0 Å². The summed E-state index contributed by atoms with van der Waals surface area (Å²) in [5.41, 5.74) is 10.1. The van der Waals surface area contributed by atoms with Gasteiger partial charge in [0.1, 0.15) is 0 Å². The van der Waals surface area contributed by atoms with E-state index >= 15 is 0 Å². The molecule has 0 heterocycles. The number of benzene rings is 1. The summed E-state index contributed by atoms with van der Waals surface area (Å²) in [6, 6.07) is 6.86. The van der Waals surface area contributed by atoms with Gasteiger partial charge in [-0.25, -0.2) is 0 Å². The Hall–Kier alpha value is -0.820. The highest BCUT2D eigenvalue weighted by Gasteiger charge is 2.09. The maximum absolute atomic E-state index is 6.06. The molecule has 1 unspecified atom stereocenters. The molecular weight excluding hydrogens is 170 g/mol. The first-order valence-electron chi connectivity index (χ1n) is 5.32. The summed E-state index contributed by atoms with van der Waals surface area (Å²) in [7, 11) is 0. The molecule has 0 aliphatic carbocycles. The van der Waals surface area contributed by atoms with Crippen molar-refractivity contribution in [2.45, 2.75) is 40.2 Å². The van der Waals surface area contributed by atoms with Gasteiger partial charge in [-0.3, -0.25) is 0 Å². The highest BCUT2D eigenvalue weighted by molar-refractivity contribution is 5.30. The van der Waals surface area contributed by atoms with Crippen LogP contribution in [0.4, 0.5) is 0 Å². The average molecular weight is 191 g/mol. The van der Waals surface area contributed by atoms with Crippen LogP contribution in [0.25, 0.3) is 0 Å². The predicted molar refractivity (Wildman–Crippen MR) is 62.4 cm³/mol. The van der Waals surface area contributed by atoms with Gasteiger partial charge in [0.15, 0.2) is 0 Å². The second-order valence-corrected chi connectivity index (χ2v) is 4.54. The Morgan fingerprint density at radius 1 is 1.21 bits per heavy atom. The standard InChI is InChI=1S/C13H21N/c1-9(2)13(14)8-12-6-5-10(3)7-11(12)4/h5-7,9,13H,8,14H2,1-4H3. The molecule has 0 saturated heterocycles. The maximum Gasteiger partial charge on any atom is 0.0103 e. The Bertz CT molecular complexity index is 302. The van der Waals surface area contributed by atoms with Gasteiger partial charge in [-0.05, 0) is 37.3 Å². The monoisotopic (exact) mass is 191 g/mol. The Labute approximate surface area is 87.3 Å². The van der Waals surface area contributed by atoms with Crippen LogP contribution < -0.4 is 5.73 Å². The van der Waals surface area contributed by atoms with E-state index in [1.165, 1.54) is 16.7 Å². The summed E-state index contributed by atoms with van der Waals surface area (Å²) in [6.45, 7) is 8.64. The predicted octanol–water partition coefficient (Wildman–Crippen LogP) is 2.83. The minimum absolute atomic E-state index is 0.274. The first-order valence-corrected chi connectivity index (χ1v) is 5.32. The van der Waals surface area contributed by atoms with Crippen molar-refractivity contribution < 1.29 is 0 Å². The zero-order valence-corrected chi connectivity index (χ0v) is 9.67. The van der Waals surface area contributed by atoms with E-state index in [1.54, 1.807) is 0 Å². The van der Waals surface area contributed by atoms with E-state index in [9.17, 15) is 0 Å². The van der Waals surface area contributed by atoms with Crippen LogP contribution in [-0.4, -0.2) is 6.04 Å². The minimum atomic E-state index is 0.274. The zero-order valence-electron chi connectivity index (χ0n) is 9.67. The summed E-state index contributed by atoms with van der Waals surface area (Å²) in [5.74, 6) is 0.552. The van der Waals surface area contributed by atoms with Crippen LogP contribution in [0.3, 0.4) is 0 Å². The molecule has 1 atom stereocenters. The lowest BCUT2D eigenvalue weighted by molar-refractivity contribution is 0.490. The molecule has 0 bridgehead atoms. The second kappa shape index (κ2) is 4.61. The molecule has 14 heavy (non-hydrogen) atoms. The third kappa shape index (κ3) is 2.85. The van der Waals surface area contributed by atoms with Gasteiger partial charge in [0.05, 0.1) is 0 Å². The highest BCUT2D eigenvalue weighted by atomic mass is 14.6. The summed E-state index contributed by atoms with van der Waals surface area (Å²) in [5, 5.41) is 0. The molecule has 0 saturated carbocycles. The van der Waals surface area contributed by atoms with Crippen molar-refractivity contribution in [1.82, 2.24) is 0 Å². The Balaban J connectivity index is 2.77. The maximum atomic E-state index is 6.06. The van der Waals surface area contributed by atoms with E-state index in [4.69, 9.17) is 5.73 Å². The molecule has 1 nitrogen and oxygen atoms in total. The molecule has 0 amide bonds. The number of hydrogen-bond acceptors (Lipinski definition) is 1. The minimum Gasteiger partial charge on any atom is -0.327 e. The van der Waals surface area contributed by atoms with Crippen molar-refractivity contribution >= 4 is 0 Å². The quantitative estimate of drug-likeness (QED) is 0.781. The molecule has 78 valence electrons. The summed E-state index contributed by atoms with van der Waals surface area (Å²) < 4.78 is 0. The molecule has 0 radical (unpaired) electrons. The van der Waals surface area contributed by atoms with Gasteiger partial charge in [-0.1, -0.05) is 37.6 Å². The average Bonchev–Trinajstić information content (AvgIpc) is 2.09.